The second-order valence-corrected chi connectivity index (χ2v) is 8.83. The number of alkyl halides is 3. The van der Waals surface area contributed by atoms with E-state index >= 15 is 0 Å². The van der Waals surface area contributed by atoms with Gasteiger partial charge in [0.1, 0.15) is 9.88 Å². The lowest BCUT2D eigenvalue weighted by molar-refractivity contribution is -0.137. The van der Waals surface area contributed by atoms with Gasteiger partial charge >= 0.3 is 6.18 Å². The molecule has 1 aliphatic heterocycles. The first kappa shape index (κ1) is 22.9. The van der Waals surface area contributed by atoms with Crippen LogP contribution in [0.2, 0.25) is 0 Å². The fraction of sp³-hybridized carbons (Fsp3) is 0.304. The zero-order chi connectivity index (χ0) is 23.6. The van der Waals surface area contributed by atoms with Crippen molar-refractivity contribution in [2.24, 2.45) is 5.92 Å². The number of carbonyl (C=O) groups excluding carboxylic acids is 2. The lowest BCUT2D eigenvalue weighted by atomic mass is 9.96. The average molecular weight is 475 g/mol. The normalized spacial score (nSPS) is 16.5. The number of anilines is 1. The molecule has 0 aliphatic carbocycles. The molecule has 4 rings (SSSR count). The van der Waals surface area contributed by atoms with Crippen molar-refractivity contribution in [3.05, 3.63) is 64.9 Å². The minimum Gasteiger partial charge on any atom is -0.337 e. The predicted molar refractivity (Wildman–Crippen MR) is 119 cm³/mol. The first-order valence-corrected chi connectivity index (χ1v) is 11.2. The Morgan fingerprint density at radius 3 is 2.76 bits per heavy atom. The van der Waals surface area contributed by atoms with Crippen molar-refractivity contribution in [2.45, 2.75) is 25.9 Å². The molecule has 1 atom stereocenters. The van der Waals surface area contributed by atoms with E-state index in [1.807, 2.05) is 6.07 Å². The number of thiazole rings is 1. The van der Waals surface area contributed by atoms with Gasteiger partial charge in [-0.1, -0.05) is 6.07 Å². The van der Waals surface area contributed by atoms with Crippen LogP contribution < -0.4 is 5.32 Å². The number of likely N-dealkylation sites (tertiary alicyclic amines) is 1. The van der Waals surface area contributed by atoms with E-state index < -0.39 is 23.6 Å². The van der Waals surface area contributed by atoms with Crippen LogP contribution in [0, 0.1) is 12.8 Å². The van der Waals surface area contributed by atoms with Gasteiger partial charge in [-0.15, -0.1) is 11.3 Å². The molecule has 0 saturated carbocycles. The van der Waals surface area contributed by atoms with Gasteiger partial charge in [-0.05, 0) is 50.1 Å². The molecule has 33 heavy (non-hydrogen) atoms. The summed E-state index contributed by atoms with van der Waals surface area (Å²) in [6.45, 7) is 2.47. The molecule has 0 bridgehead atoms. The maximum atomic E-state index is 13.2. The highest BCUT2D eigenvalue weighted by atomic mass is 32.1. The lowest BCUT2D eigenvalue weighted by Gasteiger charge is -2.32. The maximum Gasteiger partial charge on any atom is 0.416 e. The topological polar surface area (TPSA) is 75.2 Å². The summed E-state index contributed by atoms with van der Waals surface area (Å²) in [5, 5.41) is 3.26. The van der Waals surface area contributed by atoms with Crippen LogP contribution in [-0.2, 0) is 11.0 Å². The molecular formula is C23H21F3N4O2S. The molecule has 1 N–H and O–H groups in total. The summed E-state index contributed by atoms with van der Waals surface area (Å²) < 4.78 is 38.8. The number of aryl methyl sites for hydroxylation is 1. The van der Waals surface area contributed by atoms with Crippen molar-refractivity contribution in [1.82, 2.24) is 14.9 Å². The molecule has 1 aliphatic rings. The number of amides is 2. The molecule has 6 nitrogen and oxygen atoms in total. The Hall–Kier alpha value is -3.27. The number of halogens is 3. The number of hydrogen-bond donors (Lipinski definition) is 1. The average Bonchev–Trinajstić information content (AvgIpc) is 3.20. The number of carbonyl (C=O) groups is 2. The third-order valence-electron chi connectivity index (χ3n) is 5.44. The Kier molecular flexibility index (Phi) is 6.46. The second-order valence-electron chi connectivity index (χ2n) is 7.83. The minimum absolute atomic E-state index is 0.0812. The van der Waals surface area contributed by atoms with E-state index in [0.29, 0.717) is 35.0 Å². The van der Waals surface area contributed by atoms with Crippen LogP contribution in [0.4, 0.5) is 18.9 Å². The van der Waals surface area contributed by atoms with Gasteiger partial charge in [0.2, 0.25) is 5.91 Å². The summed E-state index contributed by atoms with van der Waals surface area (Å²) in [6, 6.07) is 8.19. The molecule has 0 radical (unpaired) electrons. The quantitative estimate of drug-likeness (QED) is 0.576. The van der Waals surface area contributed by atoms with Gasteiger partial charge < -0.3 is 10.2 Å². The van der Waals surface area contributed by atoms with Crippen molar-refractivity contribution < 1.29 is 22.8 Å². The molecule has 0 spiro atoms. The molecule has 1 saturated heterocycles. The number of nitrogens with zero attached hydrogens (tertiary/aromatic N) is 3. The molecule has 172 valence electrons. The SMILES string of the molecule is Cc1nc(-c2cccnc2)sc1C(=O)N1CCCC(C(=O)Nc2cccc(C(F)(F)F)c2)C1. The van der Waals surface area contributed by atoms with Crippen molar-refractivity contribution in [1.29, 1.82) is 0 Å². The summed E-state index contributed by atoms with van der Waals surface area (Å²) >= 11 is 1.28. The lowest BCUT2D eigenvalue weighted by Crippen LogP contribution is -2.43. The van der Waals surface area contributed by atoms with Gasteiger partial charge in [-0.3, -0.25) is 14.6 Å². The van der Waals surface area contributed by atoms with Crippen LogP contribution in [0.1, 0.15) is 33.8 Å². The van der Waals surface area contributed by atoms with E-state index in [-0.39, 0.29) is 18.1 Å². The van der Waals surface area contributed by atoms with Crippen LogP contribution in [0.15, 0.2) is 48.8 Å². The van der Waals surface area contributed by atoms with Gasteiger partial charge in [0.05, 0.1) is 17.2 Å². The first-order valence-electron chi connectivity index (χ1n) is 10.4. The van der Waals surface area contributed by atoms with Gasteiger partial charge in [0.15, 0.2) is 0 Å². The molecular weight excluding hydrogens is 453 g/mol. The van der Waals surface area contributed by atoms with E-state index in [9.17, 15) is 22.8 Å². The molecule has 3 aromatic rings. The zero-order valence-electron chi connectivity index (χ0n) is 17.7. The number of benzene rings is 1. The fourth-order valence-electron chi connectivity index (χ4n) is 3.74. The van der Waals surface area contributed by atoms with Crippen LogP contribution in [-0.4, -0.2) is 39.8 Å². The molecule has 1 unspecified atom stereocenters. The highest BCUT2D eigenvalue weighted by molar-refractivity contribution is 7.17. The summed E-state index contributed by atoms with van der Waals surface area (Å²) in [4.78, 5) is 36.6. The summed E-state index contributed by atoms with van der Waals surface area (Å²) in [5.74, 6) is -1.11. The van der Waals surface area contributed by atoms with Crippen LogP contribution in [0.3, 0.4) is 0 Å². The largest absolute Gasteiger partial charge is 0.416 e. The highest BCUT2D eigenvalue weighted by Crippen LogP contribution is 2.32. The smallest absolute Gasteiger partial charge is 0.337 e. The third kappa shape index (κ3) is 5.22. The molecule has 1 fully saturated rings. The standard InChI is InChI=1S/C23H21F3N4O2S/c1-14-19(33-21(28-14)15-5-3-9-27-12-15)22(32)30-10-4-6-16(13-30)20(31)29-18-8-2-7-17(11-18)23(24,25)26/h2-3,5,7-9,11-12,16H,4,6,10,13H2,1H3,(H,29,31). The Labute approximate surface area is 192 Å². The Bertz CT molecular complexity index is 1160. The third-order valence-corrected chi connectivity index (χ3v) is 6.63. The van der Waals surface area contributed by atoms with E-state index in [1.165, 1.54) is 23.5 Å². The minimum atomic E-state index is -4.49. The summed E-state index contributed by atoms with van der Waals surface area (Å²) in [6.07, 6.45) is 0.0306. The van der Waals surface area contributed by atoms with Gasteiger partial charge in [-0.2, -0.15) is 13.2 Å². The van der Waals surface area contributed by atoms with Crippen LogP contribution >= 0.6 is 11.3 Å². The number of piperidine rings is 1. The number of nitrogens with one attached hydrogen (secondary N) is 1. The zero-order valence-corrected chi connectivity index (χ0v) is 18.5. The number of hydrogen-bond acceptors (Lipinski definition) is 5. The van der Waals surface area contributed by atoms with Crippen LogP contribution in [0.25, 0.3) is 10.6 Å². The number of pyridine rings is 1. The molecule has 2 amide bonds. The summed E-state index contributed by atoms with van der Waals surface area (Å²) in [5.41, 5.74) is 0.685. The number of aromatic nitrogens is 2. The number of rotatable bonds is 4. The van der Waals surface area contributed by atoms with E-state index in [2.05, 4.69) is 15.3 Å². The van der Waals surface area contributed by atoms with E-state index in [1.54, 1.807) is 30.3 Å². The monoisotopic (exact) mass is 474 g/mol. The second kappa shape index (κ2) is 9.30. The van der Waals surface area contributed by atoms with Crippen molar-refractivity contribution in [3.63, 3.8) is 0 Å². The Morgan fingerprint density at radius 1 is 1.21 bits per heavy atom. The van der Waals surface area contributed by atoms with Gasteiger partial charge in [-0.25, -0.2) is 4.98 Å². The first-order chi connectivity index (χ1) is 15.7. The Morgan fingerprint density at radius 2 is 2.03 bits per heavy atom. The molecule has 3 heterocycles. The fourth-order valence-corrected chi connectivity index (χ4v) is 4.77. The Balaban J connectivity index is 1.45. The predicted octanol–water partition coefficient (Wildman–Crippen LogP) is 5.02. The summed E-state index contributed by atoms with van der Waals surface area (Å²) in [7, 11) is 0. The van der Waals surface area contributed by atoms with Crippen LogP contribution in [0.5, 0.6) is 0 Å². The van der Waals surface area contributed by atoms with E-state index in [4.69, 9.17) is 0 Å². The highest BCUT2D eigenvalue weighted by Gasteiger charge is 2.32. The van der Waals surface area contributed by atoms with E-state index in [0.717, 1.165) is 17.7 Å². The molecule has 2 aromatic heterocycles. The van der Waals surface area contributed by atoms with Crippen molar-refractivity contribution in [3.8, 4) is 10.6 Å². The van der Waals surface area contributed by atoms with Crippen molar-refractivity contribution in [2.75, 3.05) is 18.4 Å². The molecule has 10 heteroatoms. The molecule has 1 aromatic carbocycles. The van der Waals surface area contributed by atoms with Gasteiger partial charge in [0.25, 0.3) is 5.91 Å². The maximum absolute atomic E-state index is 13.2. The van der Waals surface area contributed by atoms with Crippen molar-refractivity contribution >= 4 is 28.8 Å². The van der Waals surface area contributed by atoms with Gasteiger partial charge in [0, 0.05) is 36.7 Å².